The zero-order chi connectivity index (χ0) is 18.0. The molecular formula is C17H21N3O5. The van der Waals surface area contributed by atoms with Gasteiger partial charge in [-0.2, -0.15) is 0 Å². The van der Waals surface area contributed by atoms with Crippen LogP contribution in [0.15, 0.2) is 10.6 Å². The lowest BCUT2D eigenvalue weighted by Gasteiger charge is -2.27. The number of aromatic nitrogens is 2. The highest BCUT2D eigenvalue weighted by atomic mass is 16.5. The second-order valence-corrected chi connectivity index (χ2v) is 6.36. The van der Waals surface area contributed by atoms with Crippen molar-refractivity contribution in [3.05, 3.63) is 23.0 Å². The molecule has 25 heavy (non-hydrogen) atoms. The Labute approximate surface area is 144 Å². The van der Waals surface area contributed by atoms with Crippen LogP contribution in [0.4, 0.5) is 0 Å². The maximum absolute atomic E-state index is 12.6. The molecule has 2 aromatic heterocycles. The monoisotopic (exact) mass is 347 g/mol. The zero-order valence-corrected chi connectivity index (χ0v) is 14.2. The fourth-order valence-electron chi connectivity index (χ4n) is 3.27. The van der Waals surface area contributed by atoms with E-state index in [2.05, 4.69) is 15.5 Å². The van der Waals surface area contributed by atoms with Crippen molar-refractivity contribution in [3.63, 3.8) is 0 Å². The van der Waals surface area contributed by atoms with Gasteiger partial charge in [-0.3, -0.25) is 9.59 Å². The summed E-state index contributed by atoms with van der Waals surface area (Å²) in [6, 6.07) is 1.66. The Morgan fingerprint density at radius 1 is 1.36 bits per heavy atom. The number of aryl methyl sites for hydroxylation is 2. The second-order valence-electron chi connectivity index (χ2n) is 6.36. The number of rotatable bonds is 5. The highest BCUT2D eigenvalue weighted by Gasteiger charge is 2.30. The summed E-state index contributed by atoms with van der Waals surface area (Å²) in [5.74, 6) is -1.87. The first-order chi connectivity index (χ1) is 12.0. The number of carbonyl (C=O) groups excluding carboxylic acids is 1. The molecule has 2 N–H and O–H groups in total. The van der Waals surface area contributed by atoms with Crippen LogP contribution >= 0.6 is 0 Å². The molecule has 8 heteroatoms. The van der Waals surface area contributed by atoms with E-state index in [1.165, 1.54) is 0 Å². The van der Waals surface area contributed by atoms with Gasteiger partial charge in [-0.15, -0.1) is 0 Å². The van der Waals surface area contributed by atoms with E-state index in [0.717, 1.165) is 0 Å². The first-order valence-corrected chi connectivity index (χ1v) is 8.29. The standard InChI is InChI=1S/C17H21N3O5/c1-9-7-12(14-10(2)20-25-16(14)19-9)15(21)18-8-13(17(22)23)11-3-5-24-6-4-11/h7,11,13H,3-6,8H2,1-2H3,(H,18,21)(H,22,23). The van der Waals surface area contributed by atoms with Crippen molar-refractivity contribution < 1.29 is 24.0 Å². The third-order valence-electron chi connectivity index (χ3n) is 4.62. The fourth-order valence-corrected chi connectivity index (χ4v) is 3.27. The van der Waals surface area contributed by atoms with Gasteiger partial charge in [0.1, 0.15) is 0 Å². The van der Waals surface area contributed by atoms with Gasteiger partial charge < -0.3 is 19.7 Å². The summed E-state index contributed by atoms with van der Waals surface area (Å²) in [4.78, 5) is 28.5. The van der Waals surface area contributed by atoms with Crippen LogP contribution in [0, 0.1) is 25.7 Å². The summed E-state index contributed by atoms with van der Waals surface area (Å²) in [6.07, 6.45) is 1.38. The Balaban J connectivity index is 1.77. The average Bonchev–Trinajstić information content (AvgIpc) is 2.95. The van der Waals surface area contributed by atoms with Gasteiger partial charge in [-0.25, -0.2) is 4.98 Å². The number of amides is 1. The number of ether oxygens (including phenoxy) is 1. The Bertz CT molecular complexity index is 795. The van der Waals surface area contributed by atoms with Gasteiger partial charge in [0, 0.05) is 25.5 Å². The van der Waals surface area contributed by atoms with Crippen molar-refractivity contribution in [2.45, 2.75) is 26.7 Å². The van der Waals surface area contributed by atoms with E-state index in [-0.39, 0.29) is 18.4 Å². The molecule has 1 saturated heterocycles. The topological polar surface area (TPSA) is 115 Å². The Morgan fingerprint density at radius 3 is 2.76 bits per heavy atom. The molecule has 0 aliphatic carbocycles. The van der Waals surface area contributed by atoms with Crippen LogP contribution in [0.5, 0.6) is 0 Å². The zero-order valence-electron chi connectivity index (χ0n) is 14.2. The smallest absolute Gasteiger partial charge is 0.308 e. The van der Waals surface area contributed by atoms with Crippen LogP contribution in [-0.4, -0.2) is 46.9 Å². The number of carboxylic acid groups (broad SMARTS) is 1. The van der Waals surface area contributed by atoms with E-state index in [1.54, 1.807) is 19.9 Å². The molecule has 0 radical (unpaired) electrons. The molecule has 134 valence electrons. The Morgan fingerprint density at radius 2 is 2.08 bits per heavy atom. The van der Waals surface area contributed by atoms with Gasteiger partial charge in [0.05, 0.1) is 22.6 Å². The van der Waals surface area contributed by atoms with E-state index in [4.69, 9.17) is 9.26 Å². The van der Waals surface area contributed by atoms with Gasteiger partial charge >= 0.3 is 5.97 Å². The quantitative estimate of drug-likeness (QED) is 0.846. The molecule has 0 spiro atoms. The molecule has 1 aliphatic rings. The molecular weight excluding hydrogens is 326 g/mol. The average molecular weight is 347 g/mol. The molecule has 0 saturated carbocycles. The number of hydrogen-bond acceptors (Lipinski definition) is 6. The first kappa shape index (κ1) is 17.3. The molecule has 1 amide bonds. The lowest BCUT2D eigenvalue weighted by Crippen LogP contribution is -2.39. The molecule has 2 aromatic rings. The van der Waals surface area contributed by atoms with Gasteiger partial charge in [0.25, 0.3) is 11.6 Å². The molecule has 3 heterocycles. The van der Waals surface area contributed by atoms with Crippen LogP contribution in [0.3, 0.4) is 0 Å². The molecule has 1 unspecified atom stereocenters. The molecule has 1 atom stereocenters. The number of hydrogen-bond donors (Lipinski definition) is 2. The molecule has 1 aliphatic heterocycles. The summed E-state index contributed by atoms with van der Waals surface area (Å²) in [5, 5.41) is 16.7. The summed E-state index contributed by atoms with van der Waals surface area (Å²) in [7, 11) is 0. The lowest BCUT2D eigenvalue weighted by molar-refractivity contribution is -0.144. The predicted molar refractivity (Wildman–Crippen MR) is 88.3 cm³/mol. The summed E-state index contributed by atoms with van der Waals surface area (Å²) in [6.45, 7) is 4.70. The summed E-state index contributed by atoms with van der Waals surface area (Å²) < 4.78 is 10.4. The van der Waals surface area contributed by atoms with Gasteiger partial charge in [-0.1, -0.05) is 5.16 Å². The fraction of sp³-hybridized carbons (Fsp3) is 0.529. The van der Waals surface area contributed by atoms with Crippen LogP contribution < -0.4 is 5.32 Å². The van der Waals surface area contributed by atoms with Gasteiger partial charge in [0.2, 0.25) is 0 Å². The number of carbonyl (C=O) groups is 2. The van der Waals surface area contributed by atoms with E-state index >= 15 is 0 Å². The van der Waals surface area contributed by atoms with Crippen LogP contribution in [-0.2, 0) is 9.53 Å². The molecule has 8 nitrogen and oxygen atoms in total. The van der Waals surface area contributed by atoms with E-state index in [0.29, 0.717) is 54.1 Å². The number of nitrogens with zero attached hydrogens (tertiary/aromatic N) is 2. The van der Waals surface area contributed by atoms with Crippen molar-refractivity contribution in [1.82, 2.24) is 15.5 Å². The number of fused-ring (bicyclic) bond motifs is 1. The normalized spacial score (nSPS) is 16.7. The lowest BCUT2D eigenvalue weighted by atomic mass is 9.86. The van der Waals surface area contributed by atoms with Crippen LogP contribution in [0.2, 0.25) is 0 Å². The Kier molecular flexibility index (Phi) is 4.98. The highest BCUT2D eigenvalue weighted by molar-refractivity contribution is 6.06. The minimum absolute atomic E-state index is 0.00285. The number of nitrogens with one attached hydrogen (secondary N) is 1. The van der Waals surface area contributed by atoms with Crippen molar-refractivity contribution in [2.75, 3.05) is 19.8 Å². The first-order valence-electron chi connectivity index (χ1n) is 8.29. The number of carboxylic acids is 1. The minimum atomic E-state index is -0.899. The SMILES string of the molecule is Cc1cc(C(=O)NCC(C(=O)O)C2CCOCC2)c2c(C)noc2n1. The van der Waals surface area contributed by atoms with Crippen molar-refractivity contribution in [2.24, 2.45) is 11.8 Å². The second kappa shape index (κ2) is 7.18. The molecule has 0 aromatic carbocycles. The third-order valence-corrected chi connectivity index (χ3v) is 4.62. The number of aliphatic carboxylic acids is 1. The van der Waals surface area contributed by atoms with E-state index < -0.39 is 11.9 Å². The van der Waals surface area contributed by atoms with Gasteiger partial charge in [-0.05, 0) is 38.7 Å². The Hall–Kier alpha value is -2.48. The van der Waals surface area contributed by atoms with Crippen LogP contribution in [0.1, 0.15) is 34.6 Å². The summed E-state index contributed by atoms with van der Waals surface area (Å²) >= 11 is 0. The van der Waals surface area contributed by atoms with E-state index in [1.807, 2.05) is 0 Å². The number of pyridine rings is 1. The van der Waals surface area contributed by atoms with E-state index in [9.17, 15) is 14.7 Å². The predicted octanol–water partition coefficient (Wildman–Crippen LogP) is 1.70. The highest BCUT2D eigenvalue weighted by Crippen LogP contribution is 2.25. The molecule has 0 bridgehead atoms. The molecule has 3 rings (SSSR count). The largest absolute Gasteiger partial charge is 0.481 e. The maximum Gasteiger partial charge on any atom is 0.308 e. The minimum Gasteiger partial charge on any atom is -0.481 e. The maximum atomic E-state index is 12.6. The van der Waals surface area contributed by atoms with Crippen LogP contribution in [0.25, 0.3) is 11.1 Å². The van der Waals surface area contributed by atoms with Gasteiger partial charge in [0.15, 0.2) is 0 Å². The van der Waals surface area contributed by atoms with Crippen molar-refractivity contribution in [3.8, 4) is 0 Å². The van der Waals surface area contributed by atoms with Crippen molar-refractivity contribution in [1.29, 1.82) is 0 Å². The summed E-state index contributed by atoms with van der Waals surface area (Å²) in [5.41, 5.74) is 1.92. The third kappa shape index (κ3) is 3.63. The molecule has 1 fully saturated rings. The van der Waals surface area contributed by atoms with Crippen molar-refractivity contribution >= 4 is 23.0 Å².